The molecule has 3 amide bonds. The SMILES string of the molecule is CC(C)(C)OC(=O)NCCCCCNC(=O)CCCCCNC(=O)OCc1ccccc1. The summed E-state index contributed by atoms with van der Waals surface area (Å²) in [6.45, 7) is 7.49. The van der Waals surface area contributed by atoms with Crippen molar-refractivity contribution in [2.24, 2.45) is 0 Å². The van der Waals surface area contributed by atoms with E-state index in [4.69, 9.17) is 9.47 Å². The number of amides is 3. The van der Waals surface area contributed by atoms with Crippen LogP contribution in [0.1, 0.15) is 71.3 Å². The van der Waals surface area contributed by atoms with Crippen LogP contribution in [0.3, 0.4) is 0 Å². The largest absolute Gasteiger partial charge is 0.445 e. The third kappa shape index (κ3) is 16.0. The maximum absolute atomic E-state index is 11.8. The zero-order chi connectivity index (χ0) is 23.7. The molecule has 0 unspecified atom stereocenters. The van der Waals surface area contributed by atoms with E-state index in [1.54, 1.807) is 0 Å². The van der Waals surface area contributed by atoms with Gasteiger partial charge in [0.25, 0.3) is 0 Å². The zero-order valence-corrected chi connectivity index (χ0v) is 19.7. The summed E-state index contributed by atoms with van der Waals surface area (Å²) in [5, 5.41) is 8.36. The summed E-state index contributed by atoms with van der Waals surface area (Å²) in [5.74, 6) is 0.0482. The molecule has 0 saturated heterocycles. The minimum atomic E-state index is -0.487. The van der Waals surface area contributed by atoms with E-state index in [2.05, 4.69) is 16.0 Å². The summed E-state index contributed by atoms with van der Waals surface area (Å²) in [6.07, 6.45) is 4.75. The van der Waals surface area contributed by atoms with Gasteiger partial charge in [-0.2, -0.15) is 0 Å². The Bertz CT molecular complexity index is 674. The van der Waals surface area contributed by atoms with Crippen molar-refractivity contribution < 1.29 is 23.9 Å². The second-order valence-electron chi connectivity index (χ2n) is 8.64. The Labute approximate surface area is 191 Å². The fraction of sp³-hybridized carbons (Fsp3) is 0.625. The number of carbonyl (C=O) groups is 3. The molecule has 0 fully saturated rings. The lowest BCUT2D eigenvalue weighted by molar-refractivity contribution is -0.121. The standard InChI is InChI=1S/C24H39N3O5/c1-24(2,3)32-23(30)27-18-12-6-11-16-25-21(28)15-9-5-10-17-26-22(29)31-19-20-13-7-4-8-14-20/h4,7-8,13-14H,5-6,9-12,15-19H2,1-3H3,(H,25,28)(H,26,29)(H,27,30). The van der Waals surface area contributed by atoms with Gasteiger partial charge in [0.1, 0.15) is 12.2 Å². The van der Waals surface area contributed by atoms with Crippen molar-refractivity contribution in [1.29, 1.82) is 0 Å². The fourth-order valence-corrected chi connectivity index (χ4v) is 2.80. The van der Waals surface area contributed by atoms with E-state index in [9.17, 15) is 14.4 Å². The van der Waals surface area contributed by atoms with Gasteiger partial charge >= 0.3 is 12.2 Å². The molecule has 0 saturated carbocycles. The monoisotopic (exact) mass is 449 g/mol. The summed E-state index contributed by atoms with van der Waals surface area (Å²) in [6, 6.07) is 9.53. The lowest BCUT2D eigenvalue weighted by Gasteiger charge is -2.19. The molecule has 0 aliphatic heterocycles. The molecule has 0 heterocycles. The van der Waals surface area contributed by atoms with Crippen molar-refractivity contribution in [3.8, 4) is 0 Å². The Morgan fingerprint density at radius 2 is 1.31 bits per heavy atom. The van der Waals surface area contributed by atoms with Crippen LogP contribution in [0.5, 0.6) is 0 Å². The molecule has 0 atom stereocenters. The molecule has 8 heteroatoms. The Hall–Kier alpha value is -2.77. The molecule has 0 aromatic heterocycles. The van der Waals surface area contributed by atoms with Gasteiger partial charge in [-0.25, -0.2) is 9.59 Å². The summed E-state index contributed by atoms with van der Waals surface area (Å²) in [4.78, 5) is 35.0. The number of ether oxygens (including phenoxy) is 2. The predicted octanol–water partition coefficient (Wildman–Crippen LogP) is 4.28. The van der Waals surface area contributed by atoms with Crippen LogP contribution in [0.2, 0.25) is 0 Å². The first-order valence-corrected chi connectivity index (χ1v) is 11.4. The summed E-state index contributed by atoms with van der Waals surface area (Å²) in [7, 11) is 0. The number of alkyl carbamates (subject to hydrolysis) is 2. The third-order valence-corrected chi connectivity index (χ3v) is 4.41. The molecule has 8 nitrogen and oxygen atoms in total. The number of rotatable bonds is 14. The highest BCUT2D eigenvalue weighted by molar-refractivity contribution is 5.75. The van der Waals surface area contributed by atoms with E-state index in [1.165, 1.54) is 0 Å². The lowest BCUT2D eigenvalue weighted by Crippen LogP contribution is -2.33. The molecule has 32 heavy (non-hydrogen) atoms. The van der Waals surface area contributed by atoms with E-state index >= 15 is 0 Å². The topological polar surface area (TPSA) is 106 Å². The highest BCUT2D eigenvalue weighted by atomic mass is 16.6. The quantitative estimate of drug-likeness (QED) is 0.368. The summed E-state index contributed by atoms with van der Waals surface area (Å²) < 4.78 is 10.3. The second-order valence-corrected chi connectivity index (χ2v) is 8.64. The van der Waals surface area contributed by atoms with Crippen LogP contribution >= 0.6 is 0 Å². The predicted molar refractivity (Wildman–Crippen MR) is 124 cm³/mol. The molecule has 0 spiro atoms. The number of benzene rings is 1. The lowest BCUT2D eigenvalue weighted by atomic mass is 10.2. The van der Waals surface area contributed by atoms with Crippen LogP contribution in [-0.2, 0) is 20.9 Å². The van der Waals surface area contributed by atoms with Crippen molar-refractivity contribution in [3.63, 3.8) is 0 Å². The number of hydrogen-bond donors (Lipinski definition) is 3. The molecular weight excluding hydrogens is 410 g/mol. The maximum atomic E-state index is 11.8. The molecule has 3 N–H and O–H groups in total. The van der Waals surface area contributed by atoms with Gasteiger partial charge in [0.15, 0.2) is 0 Å². The Balaban J connectivity index is 1.88. The van der Waals surface area contributed by atoms with Gasteiger partial charge in [0.05, 0.1) is 0 Å². The molecule has 0 aliphatic carbocycles. The molecule has 0 aliphatic rings. The molecule has 1 aromatic rings. The molecule has 1 aromatic carbocycles. The van der Waals surface area contributed by atoms with Crippen LogP contribution in [0.15, 0.2) is 30.3 Å². The molecule has 0 bridgehead atoms. The maximum Gasteiger partial charge on any atom is 0.407 e. The van der Waals surface area contributed by atoms with Gasteiger partial charge in [-0.3, -0.25) is 4.79 Å². The van der Waals surface area contributed by atoms with E-state index in [1.807, 2.05) is 51.1 Å². The number of nitrogens with one attached hydrogen (secondary N) is 3. The smallest absolute Gasteiger partial charge is 0.407 e. The Morgan fingerprint density at radius 3 is 1.94 bits per heavy atom. The second kappa shape index (κ2) is 15.9. The van der Waals surface area contributed by atoms with Crippen LogP contribution in [0.4, 0.5) is 9.59 Å². The van der Waals surface area contributed by atoms with Gasteiger partial charge in [0, 0.05) is 26.1 Å². The highest BCUT2D eigenvalue weighted by Crippen LogP contribution is 2.06. The van der Waals surface area contributed by atoms with Crippen molar-refractivity contribution >= 4 is 18.1 Å². The first-order chi connectivity index (χ1) is 15.3. The van der Waals surface area contributed by atoms with E-state index in [-0.39, 0.29) is 12.5 Å². The highest BCUT2D eigenvalue weighted by Gasteiger charge is 2.15. The first kappa shape index (κ1) is 27.3. The van der Waals surface area contributed by atoms with Gasteiger partial charge < -0.3 is 25.4 Å². The minimum Gasteiger partial charge on any atom is -0.445 e. The molecule has 0 radical (unpaired) electrons. The summed E-state index contributed by atoms with van der Waals surface area (Å²) >= 11 is 0. The van der Waals surface area contributed by atoms with Crippen molar-refractivity contribution in [1.82, 2.24) is 16.0 Å². The van der Waals surface area contributed by atoms with Gasteiger partial charge in [-0.15, -0.1) is 0 Å². The van der Waals surface area contributed by atoms with Gasteiger partial charge in [-0.1, -0.05) is 36.8 Å². The summed E-state index contributed by atoms with van der Waals surface area (Å²) in [5.41, 5.74) is 0.463. The third-order valence-electron chi connectivity index (χ3n) is 4.41. The Kier molecular flexibility index (Phi) is 13.6. The van der Waals surface area contributed by atoms with Crippen LogP contribution < -0.4 is 16.0 Å². The Morgan fingerprint density at radius 1 is 0.750 bits per heavy atom. The van der Waals surface area contributed by atoms with E-state index < -0.39 is 17.8 Å². The fourth-order valence-electron chi connectivity index (χ4n) is 2.80. The number of unbranched alkanes of at least 4 members (excludes halogenated alkanes) is 4. The molecular formula is C24H39N3O5. The number of hydrogen-bond acceptors (Lipinski definition) is 5. The minimum absolute atomic E-state index is 0.0482. The molecule has 1 rings (SSSR count). The van der Waals surface area contributed by atoms with E-state index in [0.717, 1.165) is 44.1 Å². The normalized spacial score (nSPS) is 10.8. The van der Waals surface area contributed by atoms with Crippen LogP contribution in [0.25, 0.3) is 0 Å². The van der Waals surface area contributed by atoms with Gasteiger partial charge in [0.2, 0.25) is 5.91 Å². The zero-order valence-electron chi connectivity index (χ0n) is 19.7. The van der Waals surface area contributed by atoms with Gasteiger partial charge in [-0.05, 0) is 58.4 Å². The average molecular weight is 450 g/mol. The van der Waals surface area contributed by atoms with Crippen LogP contribution in [-0.4, -0.2) is 43.3 Å². The van der Waals surface area contributed by atoms with Crippen molar-refractivity contribution in [3.05, 3.63) is 35.9 Å². The van der Waals surface area contributed by atoms with Crippen molar-refractivity contribution in [2.45, 2.75) is 77.9 Å². The number of carbonyl (C=O) groups excluding carboxylic acids is 3. The first-order valence-electron chi connectivity index (χ1n) is 11.4. The van der Waals surface area contributed by atoms with Crippen molar-refractivity contribution in [2.75, 3.05) is 19.6 Å². The van der Waals surface area contributed by atoms with E-state index in [0.29, 0.717) is 26.1 Å². The molecule has 180 valence electrons. The van der Waals surface area contributed by atoms with Crippen LogP contribution in [0, 0.1) is 0 Å². The average Bonchev–Trinajstić information content (AvgIpc) is 2.73.